The van der Waals surface area contributed by atoms with Gasteiger partial charge in [0.25, 0.3) is 0 Å². The zero-order chi connectivity index (χ0) is 14.5. The van der Waals surface area contributed by atoms with Gasteiger partial charge in [0.15, 0.2) is 0 Å². The van der Waals surface area contributed by atoms with Gasteiger partial charge in [-0.25, -0.2) is 0 Å². The highest BCUT2D eigenvalue weighted by Crippen LogP contribution is 2.30. The SMILES string of the molecule is O=C(C1CCCCC1)N1CCCCC(c2ccccc2)C1. The van der Waals surface area contributed by atoms with Crippen LogP contribution >= 0.6 is 0 Å². The number of nitrogens with zero attached hydrogens (tertiary/aromatic N) is 1. The minimum atomic E-state index is 0.313. The summed E-state index contributed by atoms with van der Waals surface area (Å²) in [5.41, 5.74) is 1.40. The molecule has 1 unspecified atom stereocenters. The van der Waals surface area contributed by atoms with Crippen molar-refractivity contribution in [3.8, 4) is 0 Å². The van der Waals surface area contributed by atoms with E-state index in [9.17, 15) is 4.79 Å². The molecule has 0 aromatic heterocycles. The average Bonchev–Trinajstić information content (AvgIpc) is 2.82. The highest BCUT2D eigenvalue weighted by Gasteiger charge is 2.29. The van der Waals surface area contributed by atoms with Crippen LogP contribution in [-0.4, -0.2) is 23.9 Å². The Morgan fingerprint density at radius 1 is 0.905 bits per heavy atom. The molecule has 1 saturated heterocycles. The lowest BCUT2D eigenvalue weighted by Crippen LogP contribution is -2.39. The van der Waals surface area contributed by atoms with Gasteiger partial charge < -0.3 is 4.90 Å². The summed E-state index contributed by atoms with van der Waals surface area (Å²) < 4.78 is 0. The molecule has 1 heterocycles. The summed E-state index contributed by atoms with van der Waals surface area (Å²) in [7, 11) is 0. The van der Waals surface area contributed by atoms with Gasteiger partial charge in [-0.1, -0.05) is 56.0 Å². The summed E-state index contributed by atoms with van der Waals surface area (Å²) >= 11 is 0. The Morgan fingerprint density at radius 2 is 1.62 bits per heavy atom. The van der Waals surface area contributed by atoms with Crippen LogP contribution in [0.1, 0.15) is 62.8 Å². The molecule has 0 spiro atoms. The van der Waals surface area contributed by atoms with Gasteiger partial charge in [-0.2, -0.15) is 0 Å². The summed E-state index contributed by atoms with van der Waals surface area (Å²) in [6, 6.07) is 10.8. The standard InChI is InChI=1S/C19H27NO/c21-19(17-11-5-2-6-12-17)20-14-8-7-13-18(15-20)16-9-3-1-4-10-16/h1,3-4,9-10,17-18H,2,5-8,11-15H2. The van der Waals surface area contributed by atoms with Crippen LogP contribution in [0.4, 0.5) is 0 Å². The van der Waals surface area contributed by atoms with Crippen molar-refractivity contribution in [2.24, 2.45) is 5.92 Å². The van der Waals surface area contributed by atoms with Crippen LogP contribution in [0.5, 0.6) is 0 Å². The molecule has 114 valence electrons. The fourth-order valence-corrected chi connectivity index (χ4v) is 3.95. The first kappa shape index (κ1) is 14.6. The molecule has 3 rings (SSSR count). The van der Waals surface area contributed by atoms with Gasteiger partial charge in [-0.3, -0.25) is 4.79 Å². The Kier molecular flexibility index (Phi) is 4.95. The number of hydrogen-bond acceptors (Lipinski definition) is 1. The molecule has 21 heavy (non-hydrogen) atoms. The predicted octanol–water partition coefficient (Wildman–Crippen LogP) is 4.36. The third-order valence-electron chi connectivity index (χ3n) is 5.21. The van der Waals surface area contributed by atoms with Crippen LogP contribution < -0.4 is 0 Å². The fourth-order valence-electron chi connectivity index (χ4n) is 3.95. The molecule has 1 aliphatic heterocycles. The van der Waals surface area contributed by atoms with Gasteiger partial charge in [-0.05, 0) is 31.2 Å². The second-order valence-corrected chi connectivity index (χ2v) is 6.72. The Labute approximate surface area is 128 Å². The first-order chi connectivity index (χ1) is 10.3. The quantitative estimate of drug-likeness (QED) is 0.790. The van der Waals surface area contributed by atoms with Crippen LogP contribution in [-0.2, 0) is 4.79 Å². The molecule has 1 atom stereocenters. The normalized spacial score (nSPS) is 24.6. The number of amides is 1. The molecular formula is C19H27NO. The topological polar surface area (TPSA) is 20.3 Å². The second-order valence-electron chi connectivity index (χ2n) is 6.72. The lowest BCUT2D eigenvalue weighted by Gasteiger charge is -2.30. The molecule has 2 heteroatoms. The van der Waals surface area contributed by atoms with E-state index in [-0.39, 0.29) is 0 Å². The van der Waals surface area contributed by atoms with E-state index in [0.717, 1.165) is 25.9 Å². The van der Waals surface area contributed by atoms with Crippen molar-refractivity contribution in [1.82, 2.24) is 4.90 Å². The fraction of sp³-hybridized carbons (Fsp3) is 0.632. The van der Waals surface area contributed by atoms with Crippen molar-refractivity contribution in [3.05, 3.63) is 35.9 Å². The van der Waals surface area contributed by atoms with E-state index >= 15 is 0 Å². The van der Waals surface area contributed by atoms with E-state index in [1.807, 2.05) is 0 Å². The first-order valence-electron chi connectivity index (χ1n) is 8.68. The minimum absolute atomic E-state index is 0.313. The average molecular weight is 285 g/mol. The van der Waals surface area contributed by atoms with Crippen molar-refractivity contribution in [1.29, 1.82) is 0 Å². The van der Waals surface area contributed by atoms with Gasteiger partial charge >= 0.3 is 0 Å². The summed E-state index contributed by atoms with van der Waals surface area (Å²) in [6.07, 6.45) is 9.67. The highest BCUT2D eigenvalue weighted by molar-refractivity contribution is 5.79. The van der Waals surface area contributed by atoms with Gasteiger partial charge in [0, 0.05) is 24.9 Å². The lowest BCUT2D eigenvalue weighted by molar-refractivity contribution is -0.136. The molecule has 1 aromatic rings. The zero-order valence-electron chi connectivity index (χ0n) is 13.0. The van der Waals surface area contributed by atoms with Crippen LogP contribution in [0.15, 0.2) is 30.3 Å². The Balaban J connectivity index is 1.68. The first-order valence-corrected chi connectivity index (χ1v) is 8.68. The van der Waals surface area contributed by atoms with Crippen LogP contribution in [0.25, 0.3) is 0 Å². The molecule has 1 saturated carbocycles. The maximum absolute atomic E-state index is 12.8. The molecule has 0 radical (unpaired) electrons. The maximum Gasteiger partial charge on any atom is 0.225 e. The third-order valence-corrected chi connectivity index (χ3v) is 5.21. The van der Waals surface area contributed by atoms with Crippen molar-refractivity contribution in [3.63, 3.8) is 0 Å². The van der Waals surface area contributed by atoms with E-state index in [0.29, 0.717) is 17.7 Å². The van der Waals surface area contributed by atoms with Gasteiger partial charge in [-0.15, -0.1) is 0 Å². The number of carbonyl (C=O) groups excluding carboxylic acids is 1. The van der Waals surface area contributed by atoms with Crippen molar-refractivity contribution in [2.45, 2.75) is 57.3 Å². The molecule has 1 aliphatic carbocycles. The van der Waals surface area contributed by atoms with Crippen molar-refractivity contribution < 1.29 is 4.79 Å². The molecule has 0 N–H and O–H groups in total. The molecule has 2 aliphatic rings. The zero-order valence-corrected chi connectivity index (χ0v) is 13.0. The van der Waals surface area contributed by atoms with Crippen LogP contribution in [0.3, 0.4) is 0 Å². The van der Waals surface area contributed by atoms with E-state index in [1.54, 1.807) is 0 Å². The number of hydrogen-bond donors (Lipinski definition) is 0. The monoisotopic (exact) mass is 285 g/mol. The van der Waals surface area contributed by atoms with Gasteiger partial charge in [0.2, 0.25) is 5.91 Å². The molecular weight excluding hydrogens is 258 g/mol. The van der Waals surface area contributed by atoms with Gasteiger partial charge in [0.05, 0.1) is 0 Å². The third kappa shape index (κ3) is 3.66. The molecule has 1 aromatic carbocycles. The Hall–Kier alpha value is -1.31. The number of carbonyl (C=O) groups is 1. The van der Waals surface area contributed by atoms with Crippen molar-refractivity contribution in [2.75, 3.05) is 13.1 Å². The van der Waals surface area contributed by atoms with E-state index < -0.39 is 0 Å². The van der Waals surface area contributed by atoms with E-state index in [4.69, 9.17) is 0 Å². The number of likely N-dealkylation sites (tertiary alicyclic amines) is 1. The Morgan fingerprint density at radius 3 is 2.38 bits per heavy atom. The highest BCUT2D eigenvalue weighted by atomic mass is 16.2. The van der Waals surface area contributed by atoms with Gasteiger partial charge in [0.1, 0.15) is 0 Å². The second kappa shape index (κ2) is 7.11. The lowest BCUT2D eigenvalue weighted by atomic mass is 9.88. The molecule has 1 amide bonds. The van der Waals surface area contributed by atoms with Crippen molar-refractivity contribution >= 4 is 5.91 Å². The number of rotatable bonds is 2. The van der Waals surface area contributed by atoms with Crippen LogP contribution in [0.2, 0.25) is 0 Å². The summed E-state index contributed by atoms with van der Waals surface area (Å²) in [5.74, 6) is 1.28. The maximum atomic E-state index is 12.8. The van der Waals surface area contributed by atoms with E-state index in [1.165, 1.54) is 44.1 Å². The minimum Gasteiger partial charge on any atom is -0.342 e. The largest absolute Gasteiger partial charge is 0.342 e. The summed E-state index contributed by atoms with van der Waals surface area (Å²) in [4.78, 5) is 15.0. The van der Waals surface area contributed by atoms with Crippen LogP contribution in [0, 0.1) is 5.92 Å². The Bertz CT molecular complexity index is 450. The molecule has 2 nitrogen and oxygen atoms in total. The molecule has 0 bridgehead atoms. The van der Waals surface area contributed by atoms with E-state index in [2.05, 4.69) is 35.2 Å². The predicted molar refractivity (Wildman–Crippen MR) is 86.2 cm³/mol. The summed E-state index contributed by atoms with van der Waals surface area (Å²) in [5, 5.41) is 0. The smallest absolute Gasteiger partial charge is 0.225 e. The molecule has 2 fully saturated rings. The summed E-state index contributed by atoms with van der Waals surface area (Å²) in [6.45, 7) is 1.90. The number of benzene rings is 1.